The third-order valence-corrected chi connectivity index (χ3v) is 5.37. The molecule has 0 saturated heterocycles. The number of aromatic nitrogens is 2. The lowest BCUT2D eigenvalue weighted by Gasteiger charge is -2.17. The number of nitrogens with zero attached hydrogens (tertiary/aromatic N) is 2. The first-order valence-electron chi connectivity index (χ1n) is 9.72. The molecule has 8 heteroatoms. The van der Waals surface area contributed by atoms with Crippen LogP contribution in [-0.2, 0) is 10.7 Å². The maximum atomic E-state index is 9.48. The highest BCUT2D eigenvalue weighted by molar-refractivity contribution is 7.85. The van der Waals surface area contributed by atoms with E-state index in [1.165, 1.54) is 0 Å². The largest absolute Gasteiger partial charge is 0.494 e. The van der Waals surface area contributed by atoms with E-state index in [9.17, 15) is 5.11 Å². The molecule has 30 heavy (non-hydrogen) atoms. The molecule has 0 bridgehead atoms. The summed E-state index contributed by atoms with van der Waals surface area (Å²) in [7, 11) is -0.524. The molecule has 4 N–H and O–H groups in total. The molecule has 1 heterocycles. The number of rotatable bonds is 9. The van der Waals surface area contributed by atoms with Crippen molar-refractivity contribution in [2.75, 3.05) is 30.1 Å². The number of benzene rings is 2. The molecule has 0 aliphatic rings. The number of hydrogen-bond acceptors (Lipinski definition) is 7. The summed E-state index contributed by atoms with van der Waals surface area (Å²) in [5.41, 5.74) is 2.63. The highest BCUT2D eigenvalue weighted by Gasteiger charge is 2.12. The lowest BCUT2D eigenvalue weighted by molar-refractivity contribution is 0.281. The molecular weight excluding hydrogens is 398 g/mol. The van der Waals surface area contributed by atoms with Crippen molar-refractivity contribution in [2.45, 2.75) is 24.8 Å². The molecule has 7 nitrogen and oxygen atoms in total. The fourth-order valence-corrected chi connectivity index (χ4v) is 3.36. The molecule has 0 aliphatic carbocycles. The van der Waals surface area contributed by atoms with Gasteiger partial charge in [0.05, 0.1) is 13.2 Å². The normalized spacial score (nSPS) is 12.8. The third-order valence-electron chi connectivity index (χ3n) is 4.39. The Balaban J connectivity index is 1.89. The van der Waals surface area contributed by atoms with E-state index in [0.717, 1.165) is 27.5 Å². The zero-order valence-electron chi connectivity index (χ0n) is 17.3. The van der Waals surface area contributed by atoms with Gasteiger partial charge in [0.2, 0.25) is 5.95 Å². The van der Waals surface area contributed by atoms with Crippen LogP contribution in [0, 0.1) is 4.78 Å². The summed E-state index contributed by atoms with van der Waals surface area (Å²) in [6.45, 7) is 4.45. The van der Waals surface area contributed by atoms with Crippen LogP contribution >= 0.6 is 0 Å². The topological polar surface area (TPSA) is 103 Å². The fourth-order valence-electron chi connectivity index (χ4n) is 2.81. The van der Waals surface area contributed by atoms with E-state index in [2.05, 4.69) is 20.6 Å². The average molecular weight is 426 g/mol. The van der Waals surface area contributed by atoms with Gasteiger partial charge in [-0.2, -0.15) is 4.98 Å². The SMILES string of the molecule is CCOc1ccc(-c2cnc(Nc3ccc(S(C)=N)cc3)nc2N[C@H](C)CO)cc1. The van der Waals surface area contributed by atoms with E-state index in [-0.39, 0.29) is 12.6 Å². The summed E-state index contributed by atoms with van der Waals surface area (Å²) in [5.74, 6) is 1.90. The van der Waals surface area contributed by atoms with Crippen molar-refractivity contribution in [3.05, 3.63) is 54.7 Å². The molecule has 0 amide bonds. The van der Waals surface area contributed by atoms with E-state index in [4.69, 9.17) is 9.52 Å². The van der Waals surface area contributed by atoms with E-state index in [1.807, 2.05) is 68.6 Å². The molecule has 158 valence electrons. The maximum absolute atomic E-state index is 9.48. The molecule has 1 aromatic heterocycles. The van der Waals surface area contributed by atoms with Gasteiger partial charge in [-0.3, -0.25) is 4.78 Å². The van der Waals surface area contributed by atoms with Crippen LogP contribution in [0.3, 0.4) is 0 Å². The average Bonchev–Trinajstić information content (AvgIpc) is 2.75. The predicted octanol–water partition coefficient (Wildman–Crippen LogP) is 4.45. The van der Waals surface area contributed by atoms with Gasteiger partial charge in [-0.15, -0.1) is 0 Å². The van der Waals surface area contributed by atoms with Crippen LogP contribution in [0.1, 0.15) is 13.8 Å². The molecule has 1 unspecified atom stereocenters. The highest BCUT2D eigenvalue weighted by atomic mass is 32.2. The van der Waals surface area contributed by atoms with E-state index in [1.54, 1.807) is 6.20 Å². The van der Waals surface area contributed by atoms with Gasteiger partial charge in [-0.1, -0.05) is 22.8 Å². The minimum Gasteiger partial charge on any atom is -0.494 e. The number of aliphatic hydroxyl groups is 1. The van der Waals surface area contributed by atoms with Crippen molar-refractivity contribution in [3.63, 3.8) is 0 Å². The molecule has 0 fully saturated rings. The zero-order valence-corrected chi connectivity index (χ0v) is 18.2. The van der Waals surface area contributed by atoms with Crippen LogP contribution in [0.25, 0.3) is 11.1 Å². The van der Waals surface area contributed by atoms with Gasteiger partial charge >= 0.3 is 0 Å². The first-order chi connectivity index (χ1) is 14.5. The Kier molecular flexibility index (Phi) is 7.37. The van der Waals surface area contributed by atoms with Gasteiger partial charge in [0, 0.05) is 28.4 Å². The number of nitrogens with one attached hydrogen (secondary N) is 3. The summed E-state index contributed by atoms with van der Waals surface area (Å²) >= 11 is 0. The Morgan fingerprint density at radius 1 is 1.13 bits per heavy atom. The first-order valence-corrected chi connectivity index (χ1v) is 11.4. The lowest BCUT2D eigenvalue weighted by Crippen LogP contribution is -2.21. The first kappa shape index (κ1) is 21.7. The number of ether oxygens (including phenoxy) is 1. The van der Waals surface area contributed by atoms with Gasteiger partial charge in [0.15, 0.2) is 0 Å². The molecule has 3 aromatic rings. The minimum atomic E-state index is -0.524. The molecule has 0 saturated carbocycles. The van der Waals surface area contributed by atoms with Gasteiger partial charge in [0.1, 0.15) is 11.6 Å². The zero-order chi connectivity index (χ0) is 21.5. The summed E-state index contributed by atoms with van der Waals surface area (Å²) in [6, 6.07) is 15.3. The molecule has 0 aliphatic heterocycles. The van der Waals surface area contributed by atoms with Gasteiger partial charge in [-0.05, 0) is 62.1 Å². The number of anilines is 3. The quantitative estimate of drug-likeness (QED) is 0.404. The summed E-state index contributed by atoms with van der Waals surface area (Å²) in [5, 5.41) is 15.9. The summed E-state index contributed by atoms with van der Waals surface area (Å²) < 4.78 is 13.3. The number of hydrogen-bond donors (Lipinski definition) is 4. The smallest absolute Gasteiger partial charge is 0.229 e. The van der Waals surface area contributed by atoms with Crippen molar-refractivity contribution in [1.82, 2.24) is 9.97 Å². The highest BCUT2D eigenvalue weighted by Crippen LogP contribution is 2.29. The Labute approximate surface area is 179 Å². The Bertz CT molecular complexity index is 993. The maximum Gasteiger partial charge on any atom is 0.229 e. The van der Waals surface area contributed by atoms with E-state index in [0.29, 0.717) is 18.4 Å². The summed E-state index contributed by atoms with van der Waals surface area (Å²) in [6.07, 6.45) is 3.63. The van der Waals surface area contributed by atoms with Crippen LogP contribution in [0.5, 0.6) is 5.75 Å². The van der Waals surface area contributed by atoms with Crippen LogP contribution in [0.15, 0.2) is 59.6 Å². The molecule has 0 radical (unpaired) electrons. The van der Waals surface area contributed by atoms with E-state index >= 15 is 0 Å². The van der Waals surface area contributed by atoms with Crippen LogP contribution in [0.4, 0.5) is 17.5 Å². The van der Waals surface area contributed by atoms with Crippen molar-refractivity contribution < 1.29 is 9.84 Å². The predicted molar refractivity (Wildman–Crippen MR) is 123 cm³/mol. The Morgan fingerprint density at radius 3 is 2.43 bits per heavy atom. The lowest BCUT2D eigenvalue weighted by atomic mass is 10.1. The fraction of sp³-hybridized carbons (Fsp3) is 0.273. The molecule has 0 spiro atoms. The molecule has 3 rings (SSSR count). The number of aliphatic hydroxyl groups excluding tert-OH is 1. The van der Waals surface area contributed by atoms with Crippen LogP contribution < -0.4 is 15.4 Å². The second kappa shape index (κ2) is 10.2. The van der Waals surface area contributed by atoms with Crippen molar-refractivity contribution in [1.29, 1.82) is 4.78 Å². The van der Waals surface area contributed by atoms with Crippen molar-refractivity contribution in [3.8, 4) is 16.9 Å². The van der Waals surface area contributed by atoms with E-state index < -0.39 is 10.7 Å². The molecular formula is C22H27N5O2S. The molecule has 2 atom stereocenters. The second-order valence-electron chi connectivity index (χ2n) is 6.80. The second-order valence-corrected chi connectivity index (χ2v) is 8.29. The van der Waals surface area contributed by atoms with Gasteiger partial charge < -0.3 is 20.5 Å². The Morgan fingerprint density at radius 2 is 1.83 bits per heavy atom. The Hall–Kier alpha value is -2.97. The minimum absolute atomic E-state index is 0.0109. The van der Waals surface area contributed by atoms with Crippen LogP contribution in [0.2, 0.25) is 0 Å². The molecule has 2 aromatic carbocycles. The van der Waals surface area contributed by atoms with Crippen molar-refractivity contribution >= 4 is 28.1 Å². The monoisotopic (exact) mass is 425 g/mol. The standard InChI is InChI=1S/C22H27N5O2S/c1-4-29-18-9-5-16(6-10-18)20-13-24-22(27-21(20)25-15(2)14-28)26-17-7-11-19(12-8-17)30(3)23/h5-13,15,23,28H,4,14H2,1-3H3,(H2,24,25,26,27)/t15-,30?/m1/s1. The summed E-state index contributed by atoms with van der Waals surface area (Å²) in [4.78, 5) is 10.1. The van der Waals surface area contributed by atoms with Crippen LogP contribution in [-0.4, -0.2) is 40.6 Å². The van der Waals surface area contributed by atoms with Crippen molar-refractivity contribution in [2.24, 2.45) is 0 Å². The van der Waals surface area contributed by atoms with Gasteiger partial charge in [-0.25, -0.2) is 4.98 Å². The van der Waals surface area contributed by atoms with Gasteiger partial charge in [0.25, 0.3) is 0 Å². The third kappa shape index (κ3) is 5.55.